The van der Waals surface area contributed by atoms with Crippen molar-refractivity contribution in [3.05, 3.63) is 23.9 Å². The molecule has 0 atom stereocenters. The van der Waals surface area contributed by atoms with Gasteiger partial charge in [0.25, 0.3) is 0 Å². The normalized spacial score (nSPS) is 28.9. The van der Waals surface area contributed by atoms with E-state index in [0.29, 0.717) is 5.92 Å². The molecule has 1 aromatic rings. The zero-order valence-electron chi connectivity index (χ0n) is 17.0. The van der Waals surface area contributed by atoms with Crippen molar-refractivity contribution in [2.24, 2.45) is 17.8 Å². The lowest BCUT2D eigenvalue weighted by Crippen LogP contribution is -2.25. The molecule has 2 aliphatic carbocycles. The van der Waals surface area contributed by atoms with E-state index in [2.05, 4.69) is 16.6 Å². The molecule has 1 aromatic heterocycles. The largest absolute Gasteiger partial charge is 0.574 e. The first kappa shape index (κ1) is 21.4. The molecule has 0 N–H and O–H groups in total. The molecule has 2 nitrogen and oxygen atoms in total. The maximum atomic E-state index is 12.3. The van der Waals surface area contributed by atoms with Gasteiger partial charge in [0.1, 0.15) is 0 Å². The van der Waals surface area contributed by atoms with Gasteiger partial charge in [-0.25, -0.2) is 4.98 Å². The first-order chi connectivity index (χ1) is 13.4. The van der Waals surface area contributed by atoms with Gasteiger partial charge >= 0.3 is 6.36 Å². The molecule has 1 heterocycles. The van der Waals surface area contributed by atoms with Crippen LogP contribution in [-0.2, 0) is 0 Å². The van der Waals surface area contributed by atoms with Crippen LogP contribution in [0.3, 0.4) is 0 Å². The van der Waals surface area contributed by atoms with Crippen LogP contribution in [0.4, 0.5) is 13.2 Å². The van der Waals surface area contributed by atoms with E-state index in [9.17, 15) is 13.2 Å². The summed E-state index contributed by atoms with van der Waals surface area (Å²) in [5.41, 5.74) is 1.05. The third kappa shape index (κ3) is 6.38. The van der Waals surface area contributed by atoms with Gasteiger partial charge in [-0.15, -0.1) is 13.2 Å². The summed E-state index contributed by atoms with van der Waals surface area (Å²) >= 11 is 0. The van der Waals surface area contributed by atoms with Crippen molar-refractivity contribution in [2.75, 3.05) is 0 Å². The number of pyridine rings is 1. The van der Waals surface area contributed by atoms with Crippen LogP contribution in [0, 0.1) is 17.8 Å². The Balaban J connectivity index is 1.41. The summed E-state index contributed by atoms with van der Waals surface area (Å²) in [6, 6.07) is 3.09. The van der Waals surface area contributed by atoms with Gasteiger partial charge in [-0.05, 0) is 67.8 Å². The van der Waals surface area contributed by atoms with E-state index >= 15 is 0 Å². The van der Waals surface area contributed by atoms with Crippen molar-refractivity contribution in [1.29, 1.82) is 0 Å². The monoisotopic (exact) mass is 397 g/mol. The second-order valence-electron chi connectivity index (χ2n) is 8.87. The number of nitrogens with zero attached hydrogens (tertiary/aromatic N) is 1. The predicted molar refractivity (Wildman–Crippen MR) is 105 cm³/mol. The molecule has 158 valence electrons. The SMILES string of the molecule is CCCCC[C@H]1CC[C@H]([C@H]2CC[C@H](c3ccc(OC(F)(F)F)nc3)CC2)CC1. The molecule has 0 radical (unpaired) electrons. The van der Waals surface area contributed by atoms with Crippen molar-refractivity contribution in [1.82, 2.24) is 4.98 Å². The Morgan fingerprint density at radius 1 is 0.929 bits per heavy atom. The molecular formula is C23H34F3NO. The van der Waals surface area contributed by atoms with Gasteiger partial charge in [0.05, 0.1) is 0 Å². The van der Waals surface area contributed by atoms with Crippen molar-refractivity contribution in [2.45, 2.75) is 96.3 Å². The summed E-state index contributed by atoms with van der Waals surface area (Å²) in [7, 11) is 0. The molecule has 0 amide bonds. The Hall–Kier alpha value is -1.26. The second kappa shape index (κ2) is 9.98. The van der Waals surface area contributed by atoms with Gasteiger partial charge in [0, 0.05) is 12.3 Å². The van der Waals surface area contributed by atoms with Gasteiger partial charge in [-0.2, -0.15) is 0 Å². The smallest absolute Gasteiger partial charge is 0.388 e. The maximum absolute atomic E-state index is 12.3. The highest BCUT2D eigenvalue weighted by Gasteiger charge is 2.33. The van der Waals surface area contributed by atoms with Gasteiger partial charge in [0.2, 0.25) is 5.88 Å². The Morgan fingerprint density at radius 2 is 1.57 bits per heavy atom. The van der Waals surface area contributed by atoms with Crippen LogP contribution in [-0.4, -0.2) is 11.3 Å². The van der Waals surface area contributed by atoms with Crippen LogP contribution in [0.15, 0.2) is 18.3 Å². The summed E-state index contributed by atoms with van der Waals surface area (Å²) < 4.78 is 40.6. The fraction of sp³-hybridized carbons (Fsp3) is 0.783. The number of hydrogen-bond donors (Lipinski definition) is 0. The number of aromatic nitrogens is 1. The van der Waals surface area contributed by atoms with Gasteiger partial charge in [-0.1, -0.05) is 51.5 Å². The Kier molecular flexibility index (Phi) is 7.64. The van der Waals surface area contributed by atoms with E-state index in [-0.39, 0.29) is 5.88 Å². The molecule has 0 aliphatic heterocycles. The lowest BCUT2D eigenvalue weighted by Gasteiger charge is -2.38. The molecule has 0 bridgehead atoms. The molecule has 0 aromatic carbocycles. The van der Waals surface area contributed by atoms with Gasteiger partial charge in [0.15, 0.2) is 0 Å². The van der Waals surface area contributed by atoms with Gasteiger partial charge in [-0.3, -0.25) is 0 Å². The highest BCUT2D eigenvalue weighted by Crippen LogP contribution is 2.44. The van der Waals surface area contributed by atoms with Crippen LogP contribution in [0.25, 0.3) is 0 Å². The van der Waals surface area contributed by atoms with E-state index in [4.69, 9.17) is 0 Å². The topological polar surface area (TPSA) is 22.1 Å². The molecule has 0 spiro atoms. The van der Waals surface area contributed by atoms with Crippen LogP contribution in [0.1, 0.15) is 95.5 Å². The quantitative estimate of drug-likeness (QED) is 0.441. The number of alkyl halides is 3. The standard InChI is InChI=1S/C23H34F3NO/c1-2-3-4-5-17-6-8-18(9-7-17)19-10-12-20(13-11-19)21-14-15-22(27-16-21)28-23(24,25)26/h14-20H,2-13H2,1H3/t17-,18-,19-,20-. The molecule has 2 aliphatic rings. The minimum atomic E-state index is -4.68. The Labute approximate surface area is 167 Å². The predicted octanol–water partition coefficient (Wildman–Crippen LogP) is 7.64. The first-order valence-electron chi connectivity index (χ1n) is 11.2. The van der Waals surface area contributed by atoms with Crippen molar-refractivity contribution in [3.63, 3.8) is 0 Å². The average molecular weight is 398 g/mol. The van der Waals surface area contributed by atoms with Crippen LogP contribution in [0.2, 0.25) is 0 Å². The van der Waals surface area contributed by atoms with E-state index in [1.165, 1.54) is 70.3 Å². The molecular weight excluding hydrogens is 363 g/mol. The van der Waals surface area contributed by atoms with Gasteiger partial charge < -0.3 is 4.74 Å². The molecule has 2 saturated carbocycles. The summed E-state index contributed by atoms with van der Waals surface area (Å²) in [5, 5.41) is 0. The lowest BCUT2D eigenvalue weighted by molar-refractivity contribution is -0.276. The van der Waals surface area contributed by atoms with Crippen molar-refractivity contribution in [3.8, 4) is 5.88 Å². The minimum absolute atomic E-state index is 0.374. The summed E-state index contributed by atoms with van der Waals surface area (Å²) in [4.78, 5) is 3.84. The third-order valence-electron chi connectivity index (χ3n) is 7.00. The number of unbranched alkanes of at least 4 members (excludes halogenated alkanes) is 2. The molecule has 0 saturated heterocycles. The van der Waals surface area contributed by atoms with Crippen LogP contribution in [0.5, 0.6) is 5.88 Å². The highest BCUT2D eigenvalue weighted by molar-refractivity contribution is 5.22. The second-order valence-corrected chi connectivity index (χ2v) is 8.87. The average Bonchev–Trinajstić information content (AvgIpc) is 2.68. The molecule has 28 heavy (non-hydrogen) atoms. The number of ether oxygens (including phenoxy) is 1. The van der Waals surface area contributed by atoms with Crippen LogP contribution >= 0.6 is 0 Å². The Bertz CT molecular complexity index is 571. The van der Waals surface area contributed by atoms with E-state index in [1.807, 2.05) is 0 Å². The zero-order chi connectivity index (χ0) is 20.0. The fourth-order valence-electron chi connectivity index (χ4n) is 5.37. The molecule has 5 heteroatoms. The molecule has 3 rings (SSSR count). The minimum Gasteiger partial charge on any atom is -0.388 e. The van der Waals surface area contributed by atoms with Crippen molar-refractivity contribution >= 4 is 0 Å². The third-order valence-corrected chi connectivity index (χ3v) is 7.00. The van der Waals surface area contributed by atoms with E-state index in [1.54, 1.807) is 12.3 Å². The Morgan fingerprint density at radius 3 is 2.11 bits per heavy atom. The van der Waals surface area contributed by atoms with E-state index in [0.717, 1.165) is 36.2 Å². The summed E-state index contributed by atoms with van der Waals surface area (Å²) in [5.74, 6) is 2.75. The maximum Gasteiger partial charge on any atom is 0.574 e. The first-order valence-corrected chi connectivity index (χ1v) is 11.2. The number of hydrogen-bond acceptors (Lipinski definition) is 2. The van der Waals surface area contributed by atoms with E-state index < -0.39 is 6.36 Å². The number of halogens is 3. The van der Waals surface area contributed by atoms with Crippen molar-refractivity contribution < 1.29 is 17.9 Å². The zero-order valence-corrected chi connectivity index (χ0v) is 17.0. The lowest BCUT2D eigenvalue weighted by atomic mass is 9.68. The fourth-order valence-corrected chi connectivity index (χ4v) is 5.37. The highest BCUT2D eigenvalue weighted by atomic mass is 19.4. The summed E-state index contributed by atoms with van der Waals surface area (Å²) in [6.07, 6.45) is 12.8. The summed E-state index contributed by atoms with van der Waals surface area (Å²) in [6.45, 7) is 2.27. The molecule has 0 unspecified atom stereocenters. The number of rotatable bonds is 7. The van der Waals surface area contributed by atoms with Crippen LogP contribution < -0.4 is 4.74 Å². The molecule has 2 fully saturated rings.